The molecule has 0 spiro atoms. The topological polar surface area (TPSA) is 59.8 Å². The van der Waals surface area contributed by atoms with Crippen LogP contribution in [0.5, 0.6) is 0 Å². The summed E-state index contributed by atoms with van der Waals surface area (Å²) in [5, 5.41) is 8.89. The number of carbonyl (C=O) groups is 1. The zero-order valence-corrected chi connectivity index (χ0v) is 20.6. The lowest BCUT2D eigenvalue weighted by Gasteiger charge is -2.47. The zero-order chi connectivity index (χ0) is 23.3. The standard InChI is InChI=1S/C26H28Cl2N4O/c1-4-26-12-11-20(19-10-7-17(13-21(19)28)24-29-14-30-32(24)3)22(16-5-8-18(27)9-6-16)23(26)15(2)31-25(26)33/h5-10,13-15,20,22-23H,4,11-12H2,1-3H3,(H,31,33)/t15-,20+,22+,23+,26-/m1/s1. The Balaban J connectivity index is 1.61. The molecule has 33 heavy (non-hydrogen) atoms. The molecule has 0 bridgehead atoms. The molecule has 3 aromatic rings. The molecule has 1 saturated carbocycles. The number of aromatic nitrogens is 3. The van der Waals surface area contributed by atoms with Crippen LogP contribution in [0.4, 0.5) is 0 Å². The van der Waals surface area contributed by atoms with Crippen molar-refractivity contribution in [1.82, 2.24) is 20.1 Å². The molecule has 0 radical (unpaired) electrons. The maximum Gasteiger partial charge on any atom is 0.226 e. The summed E-state index contributed by atoms with van der Waals surface area (Å²) in [6.07, 6.45) is 4.15. The van der Waals surface area contributed by atoms with E-state index in [-0.39, 0.29) is 35.1 Å². The molecule has 1 aliphatic heterocycles. The number of hydrogen-bond donors (Lipinski definition) is 1. The van der Waals surface area contributed by atoms with E-state index in [4.69, 9.17) is 23.2 Å². The van der Waals surface area contributed by atoms with Gasteiger partial charge in [-0.3, -0.25) is 4.79 Å². The number of carbonyl (C=O) groups excluding carboxylic acids is 1. The highest BCUT2D eigenvalue weighted by Crippen LogP contribution is 2.60. The van der Waals surface area contributed by atoms with Crippen LogP contribution in [0.25, 0.3) is 11.4 Å². The van der Waals surface area contributed by atoms with Crippen molar-refractivity contribution in [3.05, 3.63) is 70.0 Å². The van der Waals surface area contributed by atoms with Gasteiger partial charge in [-0.25, -0.2) is 9.67 Å². The smallest absolute Gasteiger partial charge is 0.226 e. The molecule has 2 aromatic carbocycles. The fourth-order valence-corrected chi connectivity index (χ4v) is 6.87. The highest BCUT2D eigenvalue weighted by Gasteiger charge is 2.59. The quantitative estimate of drug-likeness (QED) is 0.497. The zero-order valence-electron chi connectivity index (χ0n) is 19.1. The molecule has 5 atom stereocenters. The van der Waals surface area contributed by atoms with Crippen molar-refractivity contribution >= 4 is 29.1 Å². The van der Waals surface area contributed by atoms with Gasteiger partial charge in [-0.1, -0.05) is 54.4 Å². The molecule has 1 N–H and O–H groups in total. The van der Waals surface area contributed by atoms with Gasteiger partial charge in [0.25, 0.3) is 0 Å². The van der Waals surface area contributed by atoms with E-state index < -0.39 is 0 Å². The maximum atomic E-state index is 13.1. The first kappa shape index (κ1) is 22.4. The normalized spacial score (nSPS) is 29.1. The van der Waals surface area contributed by atoms with E-state index in [1.165, 1.54) is 5.56 Å². The van der Waals surface area contributed by atoms with Crippen molar-refractivity contribution in [2.24, 2.45) is 18.4 Å². The minimum Gasteiger partial charge on any atom is -0.353 e. The number of nitrogens with zero attached hydrogens (tertiary/aromatic N) is 3. The second-order valence-electron chi connectivity index (χ2n) is 9.46. The Hall–Kier alpha value is -2.37. The van der Waals surface area contributed by atoms with Crippen LogP contribution in [0.1, 0.15) is 56.1 Å². The molecule has 1 aromatic heterocycles. The van der Waals surface area contributed by atoms with E-state index in [0.717, 1.165) is 41.2 Å². The van der Waals surface area contributed by atoms with Crippen molar-refractivity contribution in [3.8, 4) is 11.4 Å². The summed E-state index contributed by atoms with van der Waals surface area (Å²) in [7, 11) is 1.87. The van der Waals surface area contributed by atoms with Gasteiger partial charge in [-0.05, 0) is 67.3 Å². The molecule has 1 aliphatic carbocycles. The number of amides is 1. The third kappa shape index (κ3) is 3.57. The summed E-state index contributed by atoms with van der Waals surface area (Å²) in [5.41, 5.74) is 2.93. The first-order chi connectivity index (χ1) is 15.9. The minimum atomic E-state index is -0.342. The number of benzene rings is 2. The highest BCUT2D eigenvalue weighted by atomic mass is 35.5. The summed E-state index contributed by atoms with van der Waals surface area (Å²) in [4.78, 5) is 17.5. The van der Waals surface area contributed by atoms with E-state index in [0.29, 0.717) is 5.02 Å². The van der Waals surface area contributed by atoms with Crippen molar-refractivity contribution in [2.45, 2.75) is 51.0 Å². The summed E-state index contributed by atoms with van der Waals surface area (Å²) >= 11 is 13.2. The van der Waals surface area contributed by atoms with Gasteiger partial charge >= 0.3 is 0 Å². The van der Waals surface area contributed by atoms with Crippen LogP contribution in [-0.2, 0) is 11.8 Å². The first-order valence-corrected chi connectivity index (χ1v) is 12.3. The SMILES string of the molecule is CC[C@@]12CC[C@@H](c3ccc(-c4ncnn4C)cc3Cl)[C@H](c3ccc(Cl)cc3)[C@@H]1[C@@H](C)NC2=O. The molecule has 5 rings (SSSR count). The van der Waals surface area contributed by atoms with Gasteiger partial charge in [-0.15, -0.1) is 0 Å². The molecular weight excluding hydrogens is 455 g/mol. The minimum absolute atomic E-state index is 0.0950. The lowest BCUT2D eigenvalue weighted by Crippen LogP contribution is -2.43. The van der Waals surface area contributed by atoms with E-state index in [1.807, 2.05) is 25.2 Å². The number of rotatable bonds is 4. The van der Waals surface area contributed by atoms with Crippen molar-refractivity contribution in [3.63, 3.8) is 0 Å². The van der Waals surface area contributed by atoms with E-state index >= 15 is 0 Å². The molecular formula is C26H28Cl2N4O. The number of hydrogen-bond acceptors (Lipinski definition) is 3. The second kappa shape index (κ2) is 8.44. The largest absolute Gasteiger partial charge is 0.353 e. The summed E-state index contributed by atoms with van der Waals surface area (Å²) in [5.74, 6) is 1.52. The Bertz CT molecular complexity index is 1190. The van der Waals surface area contributed by atoms with Crippen LogP contribution in [0.3, 0.4) is 0 Å². The van der Waals surface area contributed by atoms with Gasteiger partial charge in [0, 0.05) is 34.6 Å². The van der Waals surface area contributed by atoms with Gasteiger partial charge < -0.3 is 5.32 Å². The molecule has 2 heterocycles. The fourth-order valence-electron chi connectivity index (χ4n) is 6.42. The van der Waals surface area contributed by atoms with Crippen LogP contribution < -0.4 is 5.32 Å². The summed E-state index contributed by atoms with van der Waals surface area (Å²) < 4.78 is 1.75. The Morgan fingerprint density at radius 1 is 1.18 bits per heavy atom. The van der Waals surface area contributed by atoms with Gasteiger partial charge in [0.1, 0.15) is 6.33 Å². The van der Waals surface area contributed by atoms with Crippen molar-refractivity contribution < 1.29 is 4.79 Å². The Kier molecular flexibility index (Phi) is 5.74. The van der Waals surface area contributed by atoms with Gasteiger partial charge in [0.2, 0.25) is 5.91 Å². The van der Waals surface area contributed by atoms with E-state index in [2.05, 4.69) is 53.5 Å². The molecule has 1 saturated heterocycles. The molecule has 0 unspecified atom stereocenters. The molecule has 2 aliphatic rings. The first-order valence-electron chi connectivity index (χ1n) is 11.6. The average Bonchev–Trinajstić information content (AvgIpc) is 3.34. The predicted molar refractivity (Wildman–Crippen MR) is 131 cm³/mol. The van der Waals surface area contributed by atoms with Gasteiger partial charge in [-0.2, -0.15) is 5.10 Å². The maximum absolute atomic E-state index is 13.1. The molecule has 7 heteroatoms. The summed E-state index contributed by atoms with van der Waals surface area (Å²) in [6, 6.07) is 14.4. The Morgan fingerprint density at radius 3 is 2.58 bits per heavy atom. The Labute approximate surface area is 204 Å². The highest BCUT2D eigenvalue weighted by molar-refractivity contribution is 6.31. The monoisotopic (exact) mass is 482 g/mol. The van der Waals surface area contributed by atoms with Crippen LogP contribution >= 0.6 is 23.2 Å². The second-order valence-corrected chi connectivity index (χ2v) is 10.3. The predicted octanol–water partition coefficient (Wildman–Crippen LogP) is 5.98. The van der Waals surface area contributed by atoms with E-state index in [1.54, 1.807) is 11.0 Å². The number of nitrogens with one attached hydrogen (secondary N) is 1. The van der Waals surface area contributed by atoms with Crippen LogP contribution in [0.15, 0.2) is 48.8 Å². The van der Waals surface area contributed by atoms with E-state index in [9.17, 15) is 4.79 Å². The third-order valence-corrected chi connectivity index (χ3v) is 8.54. The lowest BCUT2D eigenvalue weighted by molar-refractivity contribution is -0.131. The summed E-state index contributed by atoms with van der Waals surface area (Å²) in [6.45, 7) is 4.29. The fraction of sp³-hybridized carbons (Fsp3) is 0.423. The lowest BCUT2D eigenvalue weighted by atomic mass is 9.54. The van der Waals surface area contributed by atoms with Crippen molar-refractivity contribution in [1.29, 1.82) is 0 Å². The van der Waals surface area contributed by atoms with Gasteiger partial charge in [0.05, 0.1) is 5.41 Å². The average molecular weight is 483 g/mol. The molecule has 2 fully saturated rings. The number of halogens is 2. The molecule has 1 amide bonds. The van der Waals surface area contributed by atoms with Gasteiger partial charge in [0.15, 0.2) is 5.82 Å². The number of fused-ring (bicyclic) bond motifs is 1. The van der Waals surface area contributed by atoms with Crippen LogP contribution in [0.2, 0.25) is 10.0 Å². The molecule has 172 valence electrons. The van der Waals surface area contributed by atoms with Crippen LogP contribution in [0, 0.1) is 11.3 Å². The third-order valence-electron chi connectivity index (χ3n) is 7.96. The van der Waals surface area contributed by atoms with Crippen molar-refractivity contribution in [2.75, 3.05) is 0 Å². The number of aryl methyl sites for hydroxylation is 1. The molecule has 5 nitrogen and oxygen atoms in total. The van der Waals surface area contributed by atoms with Crippen LogP contribution in [-0.4, -0.2) is 26.7 Å². The Morgan fingerprint density at radius 2 is 1.94 bits per heavy atom.